The molecule has 0 aliphatic heterocycles. The lowest BCUT2D eigenvalue weighted by atomic mass is 9.93. The summed E-state index contributed by atoms with van der Waals surface area (Å²) in [6.07, 6.45) is 15.8. The fourth-order valence-electron chi connectivity index (χ4n) is 2.99. The van der Waals surface area contributed by atoms with Gasteiger partial charge in [0.15, 0.2) is 17.0 Å². The Hall–Kier alpha value is -2.14. The predicted molar refractivity (Wildman–Crippen MR) is 99.4 cm³/mol. The standard InChI is InChI=1S/C18H22ClN5/c1-4-6-9-13-10-7-8-11-14(13)23(3)16-15-17(22-18(19)21-16)24(5-2)12-20-15/h6-14H,4-5H2,1-3H3/b9-6+. The fourth-order valence-corrected chi connectivity index (χ4v) is 3.15. The van der Waals surface area contributed by atoms with E-state index in [9.17, 15) is 0 Å². The fraction of sp³-hybridized carbons (Fsp3) is 0.389. The highest BCUT2D eigenvalue weighted by Crippen LogP contribution is 2.29. The number of anilines is 1. The highest BCUT2D eigenvalue weighted by molar-refractivity contribution is 6.28. The first-order valence-corrected chi connectivity index (χ1v) is 8.66. The summed E-state index contributed by atoms with van der Waals surface area (Å²) in [5, 5.41) is 0.246. The van der Waals surface area contributed by atoms with Crippen LogP contribution in [0, 0.1) is 5.92 Å². The monoisotopic (exact) mass is 343 g/mol. The van der Waals surface area contributed by atoms with Crippen molar-refractivity contribution in [2.24, 2.45) is 5.92 Å². The number of allylic oxidation sites excluding steroid dienone is 3. The number of imidazole rings is 1. The third-order valence-corrected chi connectivity index (χ3v) is 4.45. The van der Waals surface area contributed by atoms with Crippen molar-refractivity contribution in [1.29, 1.82) is 0 Å². The van der Waals surface area contributed by atoms with Crippen molar-refractivity contribution in [3.8, 4) is 0 Å². The minimum atomic E-state index is 0.166. The van der Waals surface area contributed by atoms with E-state index in [0.717, 1.165) is 29.9 Å². The largest absolute Gasteiger partial charge is 0.350 e. The summed E-state index contributed by atoms with van der Waals surface area (Å²) in [7, 11) is 2.03. The minimum absolute atomic E-state index is 0.166. The Kier molecular flexibility index (Phi) is 5.00. The van der Waals surface area contributed by atoms with Crippen molar-refractivity contribution < 1.29 is 0 Å². The van der Waals surface area contributed by atoms with Crippen molar-refractivity contribution in [3.63, 3.8) is 0 Å². The predicted octanol–water partition coefficient (Wildman–Crippen LogP) is 4.01. The van der Waals surface area contributed by atoms with Gasteiger partial charge in [-0.3, -0.25) is 0 Å². The summed E-state index contributed by atoms with van der Waals surface area (Å²) in [6.45, 7) is 4.99. The molecule has 2 heterocycles. The number of aryl methyl sites for hydroxylation is 1. The molecule has 6 heteroatoms. The Bertz CT molecular complexity index is 805. The molecule has 0 amide bonds. The van der Waals surface area contributed by atoms with Gasteiger partial charge in [0, 0.05) is 19.5 Å². The maximum absolute atomic E-state index is 6.18. The highest BCUT2D eigenvalue weighted by atomic mass is 35.5. The molecule has 0 saturated heterocycles. The normalized spacial score (nSPS) is 20.3. The maximum Gasteiger partial charge on any atom is 0.226 e. The van der Waals surface area contributed by atoms with Crippen molar-refractivity contribution in [1.82, 2.24) is 19.5 Å². The summed E-state index contributed by atoms with van der Waals surface area (Å²) in [5.41, 5.74) is 1.56. The average Bonchev–Trinajstić information content (AvgIpc) is 3.01. The number of hydrogen-bond acceptors (Lipinski definition) is 4. The number of halogens is 1. The first-order chi connectivity index (χ1) is 11.7. The van der Waals surface area contributed by atoms with Gasteiger partial charge in [0.1, 0.15) is 0 Å². The van der Waals surface area contributed by atoms with E-state index < -0.39 is 0 Å². The van der Waals surface area contributed by atoms with E-state index in [0.29, 0.717) is 0 Å². The van der Waals surface area contributed by atoms with Crippen molar-refractivity contribution in [2.75, 3.05) is 11.9 Å². The number of likely N-dealkylation sites (N-methyl/N-ethyl adjacent to an activating group) is 1. The Morgan fingerprint density at radius 3 is 2.79 bits per heavy atom. The Labute approximate surface area is 147 Å². The SMILES string of the molecule is CC/C=C/C1C=CC=CC1N(C)c1nc(Cl)nc2c1ncn2CC. The molecule has 2 aromatic heterocycles. The second kappa shape index (κ2) is 7.18. The van der Waals surface area contributed by atoms with Gasteiger partial charge in [0.05, 0.1) is 12.4 Å². The zero-order valence-corrected chi connectivity index (χ0v) is 15.0. The van der Waals surface area contributed by atoms with Crippen molar-refractivity contribution in [2.45, 2.75) is 32.9 Å². The third kappa shape index (κ3) is 3.08. The smallest absolute Gasteiger partial charge is 0.226 e. The third-order valence-electron chi connectivity index (χ3n) is 4.28. The molecule has 24 heavy (non-hydrogen) atoms. The number of fused-ring (bicyclic) bond motifs is 1. The molecule has 2 atom stereocenters. The zero-order valence-electron chi connectivity index (χ0n) is 14.2. The first kappa shape index (κ1) is 16.7. The van der Waals surface area contributed by atoms with Gasteiger partial charge in [0.2, 0.25) is 5.28 Å². The van der Waals surface area contributed by atoms with Gasteiger partial charge in [-0.15, -0.1) is 0 Å². The van der Waals surface area contributed by atoms with E-state index in [2.05, 4.69) is 70.2 Å². The highest BCUT2D eigenvalue weighted by Gasteiger charge is 2.25. The van der Waals surface area contributed by atoms with E-state index in [1.165, 1.54) is 0 Å². The summed E-state index contributed by atoms with van der Waals surface area (Å²) >= 11 is 6.18. The molecule has 0 fully saturated rings. The van der Waals surface area contributed by atoms with Crippen LogP contribution in [0.25, 0.3) is 11.2 Å². The van der Waals surface area contributed by atoms with Crippen LogP contribution in [0.5, 0.6) is 0 Å². The van der Waals surface area contributed by atoms with Gasteiger partial charge in [-0.1, -0.05) is 43.4 Å². The number of rotatable bonds is 5. The van der Waals surface area contributed by atoms with E-state index in [1.54, 1.807) is 6.33 Å². The van der Waals surface area contributed by atoms with Crippen LogP contribution in [0.4, 0.5) is 5.82 Å². The second-order valence-electron chi connectivity index (χ2n) is 5.80. The van der Waals surface area contributed by atoms with Crippen LogP contribution in [0.2, 0.25) is 5.28 Å². The molecule has 0 N–H and O–H groups in total. The zero-order chi connectivity index (χ0) is 17.1. The molecular formula is C18H22ClN5. The van der Waals surface area contributed by atoms with Gasteiger partial charge in [-0.05, 0) is 24.9 Å². The van der Waals surface area contributed by atoms with Gasteiger partial charge in [-0.25, -0.2) is 4.98 Å². The number of aromatic nitrogens is 4. The first-order valence-electron chi connectivity index (χ1n) is 8.28. The van der Waals surface area contributed by atoms with Crippen LogP contribution in [0.3, 0.4) is 0 Å². The number of nitrogens with zero attached hydrogens (tertiary/aromatic N) is 5. The molecule has 0 aromatic carbocycles. The van der Waals surface area contributed by atoms with Crippen molar-refractivity contribution in [3.05, 3.63) is 48.1 Å². The average molecular weight is 344 g/mol. The molecule has 3 rings (SSSR count). The maximum atomic E-state index is 6.18. The molecular weight excluding hydrogens is 322 g/mol. The lowest BCUT2D eigenvalue weighted by Gasteiger charge is -2.32. The summed E-state index contributed by atoms with van der Waals surface area (Å²) in [4.78, 5) is 15.5. The van der Waals surface area contributed by atoms with E-state index in [1.807, 2.05) is 11.6 Å². The van der Waals surface area contributed by atoms with Gasteiger partial charge in [-0.2, -0.15) is 9.97 Å². The quantitative estimate of drug-likeness (QED) is 0.608. The van der Waals surface area contributed by atoms with Crippen LogP contribution in [0.15, 0.2) is 42.8 Å². The lowest BCUT2D eigenvalue weighted by molar-refractivity contribution is 0.636. The molecule has 0 radical (unpaired) electrons. The number of hydrogen-bond donors (Lipinski definition) is 0. The molecule has 0 saturated carbocycles. The Morgan fingerprint density at radius 2 is 2.04 bits per heavy atom. The van der Waals surface area contributed by atoms with E-state index in [-0.39, 0.29) is 17.2 Å². The summed E-state index contributed by atoms with van der Waals surface area (Å²) in [5.74, 6) is 1.05. The van der Waals surface area contributed by atoms with Crippen LogP contribution < -0.4 is 4.90 Å². The minimum Gasteiger partial charge on any atom is -0.350 e. The van der Waals surface area contributed by atoms with Crippen LogP contribution in [-0.2, 0) is 6.54 Å². The van der Waals surface area contributed by atoms with E-state index in [4.69, 9.17) is 11.6 Å². The molecule has 1 aliphatic carbocycles. The van der Waals surface area contributed by atoms with Crippen LogP contribution in [0.1, 0.15) is 20.3 Å². The van der Waals surface area contributed by atoms with Crippen LogP contribution in [-0.4, -0.2) is 32.6 Å². The Balaban J connectivity index is 2.03. The molecule has 1 aliphatic rings. The lowest BCUT2D eigenvalue weighted by Crippen LogP contribution is -2.36. The van der Waals surface area contributed by atoms with Crippen molar-refractivity contribution >= 4 is 28.6 Å². The van der Waals surface area contributed by atoms with Gasteiger partial charge < -0.3 is 9.47 Å². The molecule has 2 aromatic rings. The van der Waals surface area contributed by atoms with Crippen LogP contribution >= 0.6 is 11.6 Å². The Morgan fingerprint density at radius 1 is 1.25 bits per heavy atom. The molecule has 2 unspecified atom stereocenters. The molecule has 5 nitrogen and oxygen atoms in total. The summed E-state index contributed by atoms with van der Waals surface area (Å²) in [6, 6.07) is 0.166. The van der Waals surface area contributed by atoms with Gasteiger partial charge in [0.25, 0.3) is 0 Å². The van der Waals surface area contributed by atoms with Gasteiger partial charge >= 0.3 is 0 Å². The molecule has 0 spiro atoms. The molecule has 126 valence electrons. The topological polar surface area (TPSA) is 46.8 Å². The molecule has 0 bridgehead atoms. The summed E-state index contributed by atoms with van der Waals surface area (Å²) < 4.78 is 1.98. The van der Waals surface area contributed by atoms with E-state index >= 15 is 0 Å². The second-order valence-corrected chi connectivity index (χ2v) is 6.14.